The number of thiophene rings is 1. The van der Waals surface area contributed by atoms with Gasteiger partial charge in [0.2, 0.25) is 0 Å². The van der Waals surface area contributed by atoms with Crippen LogP contribution < -0.4 is 0 Å². The van der Waals surface area contributed by atoms with E-state index >= 15 is 0 Å². The minimum absolute atomic E-state index is 0.399. The van der Waals surface area contributed by atoms with Crippen LogP contribution in [0, 0.1) is 3.95 Å². The van der Waals surface area contributed by atoms with Crippen molar-refractivity contribution in [2.45, 2.75) is 19.6 Å². The Morgan fingerprint density at radius 1 is 1.25 bits per heavy atom. The van der Waals surface area contributed by atoms with Gasteiger partial charge in [-0.3, -0.25) is 4.90 Å². The van der Waals surface area contributed by atoms with Gasteiger partial charge in [-0.05, 0) is 49.8 Å². The Balaban J connectivity index is 1.89. The Morgan fingerprint density at radius 2 is 2.05 bits per heavy atom. The predicted octanol–water partition coefficient (Wildman–Crippen LogP) is 5.14. The Morgan fingerprint density at radius 3 is 2.80 bits per heavy atom. The van der Waals surface area contributed by atoms with E-state index in [1.165, 1.54) is 15.1 Å². The molecule has 0 fully saturated rings. The van der Waals surface area contributed by atoms with Gasteiger partial charge in [-0.25, -0.2) is 0 Å². The van der Waals surface area contributed by atoms with Crippen molar-refractivity contribution in [1.29, 1.82) is 0 Å². The molecule has 0 aliphatic heterocycles. The molecule has 0 radical (unpaired) electrons. The van der Waals surface area contributed by atoms with E-state index in [4.69, 9.17) is 12.2 Å². The van der Waals surface area contributed by atoms with E-state index in [-0.39, 0.29) is 0 Å². The van der Waals surface area contributed by atoms with Crippen molar-refractivity contribution >= 4 is 45.1 Å². The van der Waals surface area contributed by atoms with Crippen molar-refractivity contribution < 1.29 is 0 Å². The highest BCUT2D eigenvalue weighted by atomic mass is 32.1. The SMILES string of the molecule is C[C@@H](c1cccs1)N(C)Cn1c(=S)sc2ccccc21. The van der Waals surface area contributed by atoms with Crippen molar-refractivity contribution in [2.75, 3.05) is 7.05 Å². The molecular weight excluding hydrogens is 304 g/mol. The Bertz CT molecular complexity index is 755. The zero-order valence-corrected chi connectivity index (χ0v) is 13.9. The van der Waals surface area contributed by atoms with E-state index in [0.717, 1.165) is 10.6 Å². The molecule has 0 aliphatic rings. The van der Waals surface area contributed by atoms with Crippen LogP contribution in [-0.2, 0) is 6.67 Å². The van der Waals surface area contributed by atoms with Crippen LogP contribution in [0.1, 0.15) is 17.8 Å². The summed E-state index contributed by atoms with van der Waals surface area (Å²) in [4.78, 5) is 3.72. The Kier molecular flexibility index (Phi) is 4.03. The summed E-state index contributed by atoms with van der Waals surface area (Å²) in [6, 6.07) is 13.1. The molecule has 20 heavy (non-hydrogen) atoms. The average Bonchev–Trinajstić information content (AvgIpc) is 3.07. The van der Waals surface area contributed by atoms with Crippen molar-refractivity contribution in [2.24, 2.45) is 0 Å². The second-order valence-electron chi connectivity index (χ2n) is 4.85. The van der Waals surface area contributed by atoms with E-state index in [0.29, 0.717) is 6.04 Å². The molecule has 0 unspecified atom stereocenters. The molecule has 1 aromatic carbocycles. The van der Waals surface area contributed by atoms with Crippen LogP contribution in [0.4, 0.5) is 0 Å². The molecule has 2 aromatic heterocycles. The van der Waals surface area contributed by atoms with Gasteiger partial charge in [-0.15, -0.1) is 22.7 Å². The van der Waals surface area contributed by atoms with Gasteiger partial charge in [0.25, 0.3) is 0 Å². The van der Waals surface area contributed by atoms with Crippen molar-refractivity contribution in [3.8, 4) is 0 Å². The quantitative estimate of drug-likeness (QED) is 0.615. The lowest BCUT2D eigenvalue weighted by atomic mass is 10.2. The van der Waals surface area contributed by atoms with Gasteiger partial charge in [0.05, 0.1) is 16.9 Å². The summed E-state index contributed by atoms with van der Waals surface area (Å²) < 4.78 is 4.42. The molecule has 2 heterocycles. The lowest BCUT2D eigenvalue weighted by Gasteiger charge is -2.24. The van der Waals surface area contributed by atoms with Crippen LogP contribution >= 0.6 is 34.9 Å². The summed E-state index contributed by atoms with van der Waals surface area (Å²) in [6.45, 7) is 3.06. The standard InChI is InChI=1S/C15H16N2S3/c1-11(13-8-5-9-19-13)16(2)10-17-12-6-3-4-7-14(12)20-15(17)18/h3-9,11H,10H2,1-2H3/t11-/m0/s1. The highest BCUT2D eigenvalue weighted by Crippen LogP contribution is 2.27. The maximum absolute atomic E-state index is 5.52. The summed E-state index contributed by atoms with van der Waals surface area (Å²) in [5.41, 5.74) is 1.23. The number of rotatable bonds is 4. The van der Waals surface area contributed by atoms with Crippen molar-refractivity contribution in [3.63, 3.8) is 0 Å². The van der Waals surface area contributed by atoms with Gasteiger partial charge in [-0.1, -0.05) is 18.2 Å². The zero-order valence-electron chi connectivity index (χ0n) is 11.4. The maximum Gasteiger partial charge on any atom is 0.163 e. The molecular formula is C15H16N2S3. The monoisotopic (exact) mass is 320 g/mol. The highest BCUT2D eigenvalue weighted by Gasteiger charge is 2.14. The van der Waals surface area contributed by atoms with Crippen LogP contribution in [0.5, 0.6) is 0 Å². The first kappa shape index (κ1) is 13.9. The maximum atomic E-state index is 5.52. The molecule has 0 spiro atoms. The molecule has 0 aliphatic carbocycles. The van der Waals surface area contributed by atoms with Gasteiger partial charge in [-0.2, -0.15) is 0 Å². The van der Waals surface area contributed by atoms with Crippen LogP contribution in [0.2, 0.25) is 0 Å². The number of hydrogen-bond acceptors (Lipinski definition) is 4. The fraction of sp³-hybridized carbons (Fsp3) is 0.267. The normalized spacial score (nSPS) is 13.2. The molecule has 5 heteroatoms. The van der Waals surface area contributed by atoms with Gasteiger partial charge in [0.15, 0.2) is 3.95 Å². The Hall–Kier alpha value is -1.01. The Labute approximate surface area is 131 Å². The third-order valence-electron chi connectivity index (χ3n) is 3.55. The average molecular weight is 321 g/mol. The van der Waals surface area contributed by atoms with Crippen molar-refractivity contribution in [3.05, 3.63) is 50.6 Å². The summed E-state index contributed by atoms with van der Waals surface area (Å²) in [7, 11) is 2.15. The van der Waals surface area contributed by atoms with Gasteiger partial charge in [0, 0.05) is 10.9 Å². The van der Waals surface area contributed by atoms with Gasteiger partial charge < -0.3 is 4.57 Å². The minimum Gasteiger partial charge on any atom is -0.309 e. The van der Waals surface area contributed by atoms with Crippen molar-refractivity contribution in [1.82, 2.24) is 9.47 Å². The lowest BCUT2D eigenvalue weighted by Crippen LogP contribution is -2.24. The van der Waals surface area contributed by atoms with E-state index in [1.807, 2.05) is 0 Å². The molecule has 3 aromatic rings. The molecule has 0 bridgehead atoms. The molecule has 1 atom stereocenters. The molecule has 0 N–H and O–H groups in total. The first-order chi connectivity index (χ1) is 9.66. The summed E-state index contributed by atoms with van der Waals surface area (Å²) in [5, 5.41) is 2.13. The van der Waals surface area contributed by atoms with Gasteiger partial charge >= 0.3 is 0 Å². The van der Waals surface area contributed by atoms with E-state index in [1.54, 1.807) is 22.7 Å². The smallest absolute Gasteiger partial charge is 0.163 e. The second-order valence-corrected chi connectivity index (χ2v) is 7.51. The number of para-hydroxylation sites is 1. The number of hydrogen-bond donors (Lipinski definition) is 0. The third kappa shape index (κ3) is 2.59. The third-order valence-corrected chi connectivity index (χ3v) is 6.03. The van der Waals surface area contributed by atoms with Gasteiger partial charge in [0.1, 0.15) is 0 Å². The predicted molar refractivity (Wildman–Crippen MR) is 91.1 cm³/mol. The number of aromatic nitrogens is 1. The fourth-order valence-corrected chi connectivity index (χ4v) is 4.40. The van der Waals surface area contributed by atoms with Crippen LogP contribution in [0.15, 0.2) is 41.8 Å². The lowest BCUT2D eigenvalue weighted by molar-refractivity contribution is 0.212. The number of thiazole rings is 1. The number of nitrogens with zero attached hydrogens (tertiary/aromatic N) is 2. The summed E-state index contributed by atoms with van der Waals surface area (Å²) in [6.07, 6.45) is 0. The van der Waals surface area contributed by atoms with E-state index in [2.05, 4.69) is 65.2 Å². The summed E-state index contributed by atoms with van der Waals surface area (Å²) >= 11 is 9.00. The largest absolute Gasteiger partial charge is 0.309 e. The topological polar surface area (TPSA) is 8.17 Å². The van der Waals surface area contributed by atoms with Crippen LogP contribution in [0.3, 0.4) is 0 Å². The van der Waals surface area contributed by atoms with Crippen LogP contribution in [0.25, 0.3) is 10.2 Å². The molecule has 3 rings (SSSR count). The zero-order chi connectivity index (χ0) is 14.1. The first-order valence-corrected chi connectivity index (χ1v) is 8.59. The second kappa shape index (κ2) is 5.77. The van der Waals surface area contributed by atoms with E-state index < -0.39 is 0 Å². The number of fused-ring (bicyclic) bond motifs is 1. The summed E-state index contributed by atoms with van der Waals surface area (Å²) in [5.74, 6) is 0. The fourth-order valence-electron chi connectivity index (χ4n) is 2.24. The minimum atomic E-state index is 0.399. The van der Waals surface area contributed by atoms with E-state index in [9.17, 15) is 0 Å². The molecule has 104 valence electrons. The molecule has 0 saturated heterocycles. The first-order valence-electron chi connectivity index (χ1n) is 6.49. The number of benzene rings is 1. The molecule has 2 nitrogen and oxygen atoms in total. The van der Waals surface area contributed by atoms with Crippen LogP contribution in [-0.4, -0.2) is 16.5 Å². The molecule has 0 saturated carbocycles. The highest BCUT2D eigenvalue weighted by molar-refractivity contribution is 7.73. The molecule has 0 amide bonds.